The summed E-state index contributed by atoms with van der Waals surface area (Å²) in [5, 5.41) is 18.3. The van der Waals surface area contributed by atoms with Gasteiger partial charge in [0, 0.05) is 18.5 Å². The highest BCUT2D eigenvalue weighted by Gasteiger charge is 2.62. The molecule has 6 bridgehead atoms. The second-order valence-corrected chi connectivity index (χ2v) is 17.5. The number of hydrogen-bond acceptors (Lipinski definition) is 11. The van der Waals surface area contributed by atoms with Gasteiger partial charge in [-0.25, -0.2) is 13.2 Å². The van der Waals surface area contributed by atoms with Gasteiger partial charge in [0.25, 0.3) is 5.91 Å². The number of aryl methyl sites for hydroxylation is 1. The maximum absolute atomic E-state index is 14.5. The van der Waals surface area contributed by atoms with E-state index in [1.54, 1.807) is 27.9 Å². The van der Waals surface area contributed by atoms with Crippen LogP contribution in [-0.4, -0.2) is 100 Å². The van der Waals surface area contributed by atoms with E-state index in [0.717, 1.165) is 42.6 Å². The predicted octanol–water partition coefficient (Wildman–Crippen LogP) is 2.64. The van der Waals surface area contributed by atoms with Crippen molar-refractivity contribution in [3.8, 4) is 17.1 Å². The molecule has 4 amide bonds. The number of benzene rings is 1. The Hall–Kier alpha value is -4.28. The number of fused-ring (bicyclic) bond motifs is 8. The van der Waals surface area contributed by atoms with Gasteiger partial charge in [0.05, 0.1) is 25.0 Å². The van der Waals surface area contributed by atoms with E-state index in [9.17, 15) is 27.6 Å². The summed E-state index contributed by atoms with van der Waals surface area (Å²) in [4.78, 5) is 58.1. The maximum Gasteiger partial charge on any atom is 0.407 e. The molecule has 3 heterocycles. The first-order chi connectivity index (χ1) is 24.7. The second kappa shape index (κ2) is 14.6. The lowest BCUT2D eigenvalue weighted by molar-refractivity contribution is -0.142. The molecular weight excluding hydrogens is 693 g/mol. The van der Waals surface area contributed by atoms with E-state index in [-0.39, 0.29) is 31.9 Å². The Bertz CT molecular complexity index is 1810. The standard InChI is InChI=1S/C35H50N8O8S/c1-6-23-19-35(23,32(46)40-52(48,49)25-13-14-25)37-30(44)26-18-24-20-42(26)31(45)28(34(2,3)4)36-33(47)51-16-10-8-7-9-11-21-17-22(12-15-27(21)50-5)29-38-41-43(24)39-29/h12,15,17,23-26,28H,6-11,13-14,16,18-20H2,1-5H3,(H,36,47)(H,37,44)(H,40,46)/t23-,24-,26+,28-,35-/m1/s1. The maximum atomic E-state index is 14.5. The molecule has 52 heavy (non-hydrogen) atoms. The van der Waals surface area contributed by atoms with Crippen LogP contribution in [0.1, 0.15) is 97.1 Å². The van der Waals surface area contributed by atoms with Gasteiger partial charge >= 0.3 is 6.09 Å². The van der Waals surface area contributed by atoms with Crippen LogP contribution in [0.4, 0.5) is 4.79 Å². The van der Waals surface area contributed by atoms with Crippen LogP contribution in [0.15, 0.2) is 18.2 Å². The molecule has 2 aliphatic heterocycles. The minimum Gasteiger partial charge on any atom is -0.496 e. The lowest BCUT2D eigenvalue weighted by atomic mass is 9.85. The number of amides is 4. The number of nitrogens with zero attached hydrogens (tertiary/aromatic N) is 5. The van der Waals surface area contributed by atoms with Crippen LogP contribution < -0.4 is 20.1 Å². The Morgan fingerprint density at radius 1 is 1.13 bits per heavy atom. The van der Waals surface area contributed by atoms with Gasteiger partial charge in [-0.1, -0.05) is 47.0 Å². The molecule has 0 radical (unpaired) electrons. The van der Waals surface area contributed by atoms with E-state index in [4.69, 9.17) is 9.47 Å². The Balaban J connectivity index is 1.32. The summed E-state index contributed by atoms with van der Waals surface area (Å²) in [7, 11) is -2.24. The fourth-order valence-electron chi connectivity index (χ4n) is 7.29. The fourth-order valence-corrected chi connectivity index (χ4v) is 8.65. The summed E-state index contributed by atoms with van der Waals surface area (Å²) in [5.74, 6) is -1.05. The van der Waals surface area contributed by atoms with E-state index in [1.165, 1.54) is 9.70 Å². The zero-order chi connectivity index (χ0) is 37.4. The van der Waals surface area contributed by atoms with E-state index < -0.39 is 68.2 Å². The molecule has 2 saturated carbocycles. The van der Waals surface area contributed by atoms with Gasteiger partial charge in [-0.15, -0.1) is 10.2 Å². The van der Waals surface area contributed by atoms with Crippen LogP contribution in [0.3, 0.4) is 0 Å². The number of ether oxygens (including phenoxy) is 2. The highest BCUT2D eigenvalue weighted by Crippen LogP contribution is 2.47. The quantitative estimate of drug-likeness (QED) is 0.376. The average Bonchev–Trinajstić information content (AvgIpc) is 3.97. The third kappa shape index (κ3) is 7.88. The zero-order valence-corrected chi connectivity index (χ0v) is 31.3. The minimum absolute atomic E-state index is 0.0103. The Labute approximate surface area is 304 Å². The summed E-state index contributed by atoms with van der Waals surface area (Å²) in [5.41, 5.74) is -0.467. The molecular formula is C35H50N8O8S. The van der Waals surface area contributed by atoms with Crippen molar-refractivity contribution in [2.24, 2.45) is 11.3 Å². The number of rotatable bonds is 7. The highest BCUT2D eigenvalue weighted by molar-refractivity contribution is 7.91. The zero-order valence-electron chi connectivity index (χ0n) is 30.5. The van der Waals surface area contributed by atoms with E-state index in [0.29, 0.717) is 31.5 Å². The van der Waals surface area contributed by atoms with Crippen LogP contribution in [0, 0.1) is 11.3 Å². The van der Waals surface area contributed by atoms with Crippen molar-refractivity contribution >= 4 is 33.8 Å². The highest BCUT2D eigenvalue weighted by atomic mass is 32.2. The summed E-state index contributed by atoms with van der Waals surface area (Å²) in [6, 6.07) is 2.96. The fraction of sp³-hybridized carbons (Fsp3) is 0.686. The number of sulfonamides is 1. The Kier molecular flexibility index (Phi) is 10.5. The molecule has 17 heteroatoms. The number of hydrogen-bond donors (Lipinski definition) is 3. The van der Waals surface area contributed by atoms with Crippen LogP contribution in [0.25, 0.3) is 11.4 Å². The van der Waals surface area contributed by atoms with Gasteiger partial charge in [0.2, 0.25) is 27.7 Å². The van der Waals surface area contributed by atoms with Gasteiger partial charge in [0.15, 0.2) is 0 Å². The van der Waals surface area contributed by atoms with Crippen molar-refractivity contribution in [2.45, 2.75) is 121 Å². The monoisotopic (exact) mass is 742 g/mol. The second-order valence-electron chi connectivity index (χ2n) is 15.5. The molecule has 2 aromatic rings. The molecule has 6 rings (SSSR count). The number of nitrogens with one attached hydrogen (secondary N) is 3. The lowest BCUT2D eigenvalue weighted by Crippen LogP contribution is -2.60. The first-order valence-corrected chi connectivity index (χ1v) is 19.8. The van der Waals surface area contributed by atoms with Crippen molar-refractivity contribution in [1.82, 2.24) is 40.5 Å². The molecule has 1 aromatic carbocycles. The van der Waals surface area contributed by atoms with E-state index in [1.807, 2.05) is 25.1 Å². The Morgan fingerprint density at radius 2 is 1.88 bits per heavy atom. The number of tetrazole rings is 1. The van der Waals surface area contributed by atoms with Crippen LogP contribution in [0.5, 0.6) is 5.75 Å². The third-order valence-corrected chi connectivity index (χ3v) is 12.5. The van der Waals surface area contributed by atoms with Crippen LogP contribution in [-0.2, 0) is 35.6 Å². The Morgan fingerprint density at radius 3 is 2.56 bits per heavy atom. The van der Waals surface area contributed by atoms with Crippen molar-refractivity contribution in [2.75, 3.05) is 20.3 Å². The first kappa shape index (κ1) is 37.5. The third-order valence-electron chi connectivity index (χ3n) is 10.7. The molecule has 0 spiro atoms. The summed E-state index contributed by atoms with van der Waals surface area (Å²) in [6.45, 7) is 7.48. The van der Waals surface area contributed by atoms with Gasteiger partial charge < -0.3 is 25.0 Å². The normalized spacial score (nSPS) is 27.2. The molecule has 3 fully saturated rings. The van der Waals surface area contributed by atoms with Gasteiger partial charge in [0.1, 0.15) is 23.4 Å². The largest absolute Gasteiger partial charge is 0.496 e. The van der Waals surface area contributed by atoms with Crippen LogP contribution >= 0.6 is 0 Å². The topological polar surface area (TPSA) is 204 Å². The molecule has 1 saturated heterocycles. The van der Waals surface area contributed by atoms with Crippen molar-refractivity contribution in [3.63, 3.8) is 0 Å². The smallest absolute Gasteiger partial charge is 0.407 e. The molecule has 1 aromatic heterocycles. The average molecular weight is 743 g/mol. The van der Waals surface area contributed by atoms with Gasteiger partial charge in [-0.05, 0) is 78.8 Å². The molecule has 284 valence electrons. The van der Waals surface area contributed by atoms with Gasteiger partial charge in [-0.2, -0.15) is 4.80 Å². The van der Waals surface area contributed by atoms with Crippen molar-refractivity contribution in [3.05, 3.63) is 23.8 Å². The summed E-state index contributed by atoms with van der Waals surface area (Å²) >= 11 is 0. The van der Waals surface area contributed by atoms with Crippen LogP contribution in [0.2, 0.25) is 0 Å². The number of cyclic esters (lactones) is 1. The molecule has 5 atom stereocenters. The molecule has 0 unspecified atom stereocenters. The molecule has 16 nitrogen and oxygen atoms in total. The number of alkyl carbamates (subject to hydrolysis) is 1. The molecule has 4 aliphatic rings. The molecule has 2 aliphatic carbocycles. The SMILES string of the molecule is CC[C@@H]1C[C@]1(NC(=O)[C@@H]1C[C@@H]2CN1C(=O)[C@H](C(C)(C)C)NC(=O)OCCCCCCc1cc(ccc1OC)-c1nnn2n1)C(=O)NS(=O)(=O)C1CC1. The number of carbonyl (C=O) groups is 4. The first-order valence-electron chi connectivity index (χ1n) is 18.3. The van der Waals surface area contributed by atoms with Crippen molar-refractivity contribution < 1.29 is 37.1 Å². The van der Waals surface area contributed by atoms with E-state index in [2.05, 4.69) is 30.8 Å². The lowest BCUT2D eigenvalue weighted by Gasteiger charge is -2.35. The van der Waals surface area contributed by atoms with Gasteiger partial charge in [-0.3, -0.25) is 19.1 Å². The minimum atomic E-state index is -3.86. The number of carbonyl (C=O) groups excluding carboxylic acids is 4. The summed E-state index contributed by atoms with van der Waals surface area (Å²) < 4.78 is 38.7. The number of methoxy groups -OCH3 is 1. The number of aromatic nitrogens is 4. The molecule has 3 N–H and O–H groups in total. The summed E-state index contributed by atoms with van der Waals surface area (Å²) in [6.07, 6.45) is 5.16. The van der Waals surface area contributed by atoms with Crippen molar-refractivity contribution in [1.29, 1.82) is 0 Å². The predicted molar refractivity (Wildman–Crippen MR) is 188 cm³/mol. The van der Waals surface area contributed by atoms with E-state index >= 15 is 0 Å².